The average molecular weight is 331 g/mol. The van der Waals surface area contributed by atoms with Crippen LogP contribution in [0.15, 0.2) is 17.5 Å². The van der Waals surface area contributed by atoms with Crippen LogP contribution in [-0.4, -0.2) is 34.2 Å². The van der Waals surface area contributed by atoms with Crippen molar-refractivity contribution in [2.75, 3.05) is 11.9 Å². The van der Waals surface area contributed by atoms with Crippen LogP contribution in [0.25, 0.3) is 0 Å². The maximum atomic E-state index is 12.1. The molecule has 1 saturated carbocycles. The summed E-state index contributed by atoms with van der Waals surface area (Å²) in [5, 5.41) is 14.3. The Kier molecular flexibility index (Phi) is 4.85. The number of amides is 1. The van der Waals surface area contributed by atoms with Crippen LogP contribution < -0.4 is 10.2 Å². The smallest absolute Gasteiger partial charge is 0.272 e. The minimum Gasteiger partial charge on any atom is -0.351 e. The first kappa shape index (κ1) is 15.9. The van der Waals surface area contributed by atoms with E-state index in [2.05, 4.69) is 20.5 Å². The van der Waals surface area contributed by atoms with Gasteiger partial charge in [-0.15, -0.1) is 21.5 Å². The standard InChI is InChI=1S/C16H21N5OS/c1-11-10-23-15(17-11)9-21(2)14-8-7-13(19-20-14)16(22)18-12-5-3-4-6-12/h7-8,10,12H,3-6,9H2,1-2H3,(H,18,22). The summed E-state index contributed by atoms with van der Waals surface area (Å²) in [6.07, 6.45) is 4.51. The largest absolute Gasteiger partial charge is 0.351 e. The van der Waals surface area contributed by atoms with Gasteiger partial charge in [0.2, 0.25) is 0 Å². The van der Waals surface area contributed by atoms with Crippen LogP contribution in [-0.2, 0) is 6.54 Å². The molecule has 1 amide bonds. The summed E-state index contributed by atoms with van der Waals surface area (Å²) in [5.41, 5.74) is 1.41. The Hall–Kier alpha value is -2.02. The van der Waals surface area contributed by atoms with Gasteiger partial charge in [0.25, 0.3) is 5.91 Å². The third-order valence-corrected chi connectivity index (χ3v) is 4.96. The molecule has 2 aromatic heterocycles. The fourth-order valence-corrected chi connectivity index (χ4v) is 3.56. The number of aromatic nitrogens is 3. The number of aryl methyl sites for hydroxylation is 1. The fraction of sp³-hybridized carbons (Fsp3) is 0.500. The second kappa shape index (κ2) is 7.04. The van der Waals surface area contributed by atoms with Gasteiger partial charge in [-0.2, -0.15) is 0 Å². The minimum atomic E-state index is -0.130. The molecule has 2 heterocycles. The van der Waals surface area contributed by atoms with Crippen LogP contribution in [0.5, 0.6) is 0 Å². The Morgan fingerprint density at radius 3 is 2.74 bits per heavy atom. The van der Waals surface area contributed by atoms with Gasteiger partial charge in [0.05, 0.1) is 6.54 Å². The molecular weight excluding hydrogens is 310 g/mol. The second-order valence-corrected chi connectivity index (χ2v) is 6.91. The molecule has 0 aromatic carbocycles. The zero-order valence-electron chi connectivity index (χ0n) is 13.5. The molecule has 0 unspecified atom stereocenters. The molecule has 1 fully saturated rings. The molecule has 1 N–H and O–H groups in total. The van der Waals surface area contributed by atoms with E-state index in [1.54, 1.807) is 17.4 Å². The molecule has 0 bridgehead atoms. The van der Waals surface area contributed by atoms with Crippen molar-refractivity contribution in [3.8, 4) is 0 Å². The van der Waals surface area contributed by atoms with E-state index in [4.69, 9.17) is 0 Å². The highest BCUT2D eigenvalue weighted by molar-refractivity contribution is 7.09. The van der Waals surface area contributed by atoms with Gasteiger partial charge in [-0.25, -0.2) is 4.98 Å². The molecule has 122 valence electrons. The highest BCUT2D eigenvalue weighted by Crippen LogP contribution is 2.18. The number of nitrogens with one attached hydrogen (secondary N) is 1. The van der Waals surface area contributed by atoms with Crippen LogP contribution in [0.3, 0.4) is 0 Å². The average Bonchev–Trinajstić information content (AvgIpc) is 3.19. The molecule has 6 nitrogen and oxygen atoms in total. The monoisotopic (exact) mass is 331 g/mol. The number of anilines is 1. The molecular formula is C16H21N5OS. The van der Waals surface area contributed by atoms with E-state index in [1.165, 1.54) is 12.8 Å². The van der Waals surface area contributed by atoms with E-state index in [9.17, 15) is 4.79 Å². The number of thiazole rings is 1. The van der Waals surface area contributed by atoms with E-state index in [1.807, 2.05) is 30.3 Å². The van der Waals surface area contributed by atoms with E-state index in [0.717, 1.165) is 29.4 Å². The molecule has 0 atom stereocenters. The number of nitrogens with zero attached hydrogens (tertiary/aromatic N) is 4. The topological polar surface area (TPSA) is 71.0 Å². The summed E-state index contributed by atoms with van der Waals surface area (Å²) in [7, 11) is 1.94. The van der Waals surface area contributed by atoms with Crippen molar-refractivity contribution < 1.29 is 4.79 Å². The molecule has 0 saturated heterocycles. The van der Waals surface area contributed by atoms with E-state index in [-0.39, 0.29) is 5.91 Å². The summed E-state index contributed by atoms with van der Waals surface area (Å²) in [6.45, 7) is 2.67. The third-order valence-electron chi connectivity index (χ3n) is 4.00. The van der Waals surface area contributed by atoms with Crippen LogP contribution in [0.2, 0.25) is 0 Å². The van der Waals surface area contributed by atoms with Gasteiger partial charge in [0.15, 0.2) is 11.5 Å². The predicted octanol–water partition coefficient (Wildman–Crippen LogP) is 2.55. The molecule has 3 rings (SSSR count). The van der Waals surface area contributed by atoms with Crippen molar-refractivity contribution in [1.82, 2.24) is 20.5 Å². The van der Waals surface area contributed by atoms with E-state index < -0.39 is 0 Å². The van der Waals surface area contributed by atoms with Crippen LogP contribution >= 0.6 is 11.3 Å². The predicted molar refractivity (Wildman–Crippen MR) is 90.7 cm³/mol. The lowest BCUT2D eigenvalue weighted by atomic mass is 10.2. The highest BCUT2D eigenvalue weighted by Gasteiger charge is 2.19. The van der Waals surface area contributed by atoms with Gasteiger partial charge in [0, 0.05) is 24.2 Å². The van der Waals surface area contributed by atoms with Gasteiger partial charge in [0.1, 0.15) is 5.01 Å². The minimum absolute atomic E-state index is 0.130. The summed E-state index contributed by atoms with van der Waals surface area (Å²) in [5.74, 6) is 0.601. The molecule has 1 aliphatic rings. The summed E-state index contributed by atoms with van der Waals surface area (Å²) < 4.78 is 0. The van der Waals surface area contributed by atoms with Crippen molar-refractivity contribution in [1.29, 1.82) is 0 Å². The van der Waals surface area contributed by atoms with Gasteiger partial charge in [-0.1, -0.05) is 12.8 Å². The van der Waals surface area contributed by atoms with Gasteiger partial charge < -0.3 is 10.2 Å². The van der Waals surface area contributed by atoms with Crippen molar-refractivity contribution in [3.63, 3.8) is 0 Å². The molecule has 0 radical (unpaired) electrons. The Labute approximate surface area is 140 Å². The molecule has 23 heavy (non-hydrogen) atoms. The number of rotatable bonds is 5. The van der Waals surface area contributed by atoms with E-state index >= 15 is 0 Å². The first-order valence-corrected chi connectivity index (χ1v) is 8.76. The lowest BCUT2D eigenvalue weighted by Crippen LogP contribution is -2.33. The maximum absolute atomic E-state index is 12.1. The molecule has 0 spiro atoms. The highest BCUT2D eigenvalue weighted by atomic mass is 32.1. The number of carbonyl (C=O) groups is 1. The Balaban J connectivity index is 1.60. The first-order chi connectivity index (χ1) is 11.1. The third kappa shape index (κ3) is 4.04. The lowest BCUT2D eigenvalue weighted by molar-refractivity contribution is 0.0932. The zero-order valence-corrected chi connectivity index (χ0v) is 14.3. The van der Waals surface area contributed by atoms with Crippen LogP contribution in [0, 0.1) is 6.92 Å². The van der Waals surface area contributed by atoms with Crippen molar-refractivity contribution >= 4 is 23.1 Å². The summed E-state index contributed by atoms with van der Waals surface area (Å²) >= 11 is 1.63. The Morgan fingerprint density at radius 2 is 2.13 bits per heavy atom. The maximum Gasteiger partial charge on any atom is 0.272 e. The zero-order chi connectivity index (χ0) is 16.2. The van der Waals surface area contributed by atoms with Gasteiger partial charge in [-0.05, 0) is 31.9 Å². The first-order valence-electron chi connectivity index (χ1n) is 7.88. The molecule has 7 heteroatoms. The number of hydrogen-bond acceptors (Lipinski definition) is 6. The second-order valence-electron chi connectivity index (χ2n) is 5.97. The SMILES string of the molecule is Cc1csc(CN(C)c2ccc(C(=O)NC3CCCC3)nn2)n1. The van der Waals surface area contributed by atoms with Crippen LogP contribution in [0.1, 0.15) is 46.9 Å². The summed E-state index contributed by atoms with van der Waals surface area (Å²) in [4.78, 5) is 18.6. The quantitative estimate of drug-likeness (QED) is 0.912. The number of hydrogen-bond donors (Lipinski definition) is 1. The Morgan fingerprint density at radius 1 is 1.35 bits per heavy atom. The van der Waals surface area contributed by atoms with Gasteiger partial charge in [-0.3, -0.25) is 4.79 Å². The lowest BCUT2D eigenvalue weighted by Gasteiger charge is -2.16. The van der Waals surface area contributed by atoms with Crippen molar-refractivity contribution in [2.24, 2.45) is 0 Å². The Bertz CT molecular complexity index is 663. The van der Waals surface area contributed by atoms with Crippen molar-refractivity contribution in [3.05, 3.63) is 33.9 Å². The molecule has 0 aliphatic heterocycles. The number of carbonyl (C=O) groups excluding carboxylic acids is 1. The van der Waals surface area contributed by atoms with Gasteiger partial charge >= 0.3 is 0 Å². The summed E-state index contributed by atoms with van der Waals surface area (Å²) in [6, 6.07) is 3.85. The van der Waals surface area contributed by atoms with Crippen LogP contribution in [0.4, 0.5) is 5.82 Å². The normalized spacial score (nSPS) is 14.9. The molecule has 1 aliphatic carbocycles. The van der Waals surface area contributed by atoms with E-state index in [0.29, 0.717) is 18.3 Å². The van der Waals surface area contributed by atoms with Crippen molar-refractivity contribution in [2.45, 2.75) is 45.2 Å². The molecule has 2 aromatic rings. The fourth-order valence-electron chi connectivity index (χ4n) is 2.74.